The second-order valence-corrected chi connectivity index (χ2v) is 14.1. The zero-order valence-electron chi connectivity index (χ0n) is 24.3. The minimum absolute atomic E-state index is 0.0313. The van der Waals surface area contributed by atoms with Crippen LogP contribution in [0.1, 0.15) is 111 Å². The van der Waals surface area contributed by atoms with Gasteiger partial charge in [0.15, 0.2) is 11.6 Å². The van der Waals surface area contributed by atoms with Crippen molar-refractivity contribution in [2.45, 2.75) is 112 Å². The van der Waals surface area contributed by atoms with Crippen LogP contribution in [0, 0.1) is 6.92 Å². The highest BCUT2D eigenvalue weighted by Crippen LogP contribution is 2.35. The first-order valence-electron chi connectivity index (χ1n) is 12.8. The number of hydrogen-bond donors (Lipinski definition) is 0. The SMILES string of the molecule is Cc1nc(-c2cc(C(C)(C)C)cc(C(C)(C)C)c2)nc(-c2cc(C(C)(C)C)cc(C(C)(C)C)c2)n1. The predicted octanol–water partition coefficient (Wildman–Crippen LogP) is 8.70. The predicted molar refractivity (Wildman–Crippen MR) is 150 cm³/mol. The van der Waals surface area contributed by atoms with Gasteiger partial charge in [-0.15, -0.1) is 0 Å². The van der Waals surface area contributed by atoms with Crippen molar-refractivity contribution in [2.24, 2.45) is 0 Å². The van der Waals surface area contributed by atoms with Crippen LogP contribution in [0.5, 0.6) is 0 Å². The maximum atomic E-state index is 5.04. The molecule has 0 spiro atoms. The number of hydrogen-bond acceptors (Lipinski definition) is 3. The molecule has 0 unspecified atom stereocenters. The molecule has 0 atom stereocenters. The Morgan fingerprint density at radius 1 is 0.400 bits per heavy atom. The Morgan fingerprint density at radius 3 is 0.886 bits per heavy atom. The molecule has 0 radical (unpaired) electrons. The summed E-state index contributed by atoms with van der Waals surface area (Å²) in [6, 6.07) is 13.7. The lowest BCUT2D eigenvalue weighted by Crippen LogP contribution is -2.17. The molecule has 0 aliphatic rings. The van der Waals surface area contributed by atoms with Crippen LogP contribution in [0.4, 0.5) is 0 Å². The van der Waals surface area contributed by atoms with Gasteiger partial charge in [0.2, 0.25) is 0 Å². The molecule has 0 saturated carbocycles. The van der Waals surface area contributed by atoms with E-state index in [0.29, 0.717) is 0 Å². The Labute approximate surface area is 213 Å². The van der Waals surface area contributed by atoms with Gasteiger partial charge in [0.05, 0.1) is 0 Å². The molecule has 1 aromatic heterocycles. The van der Waals surface area contributed by atoms with Crippen molar-refractivity contribution in [2.75, 3.05) is 0 Å². The molecule has 1 heterocycles. The smallest absolute Gasteiger partial charge is 0.163 e. The van der Waals surface area contributed by atoms with E-state index in [-0.39, 0.29) is 21.7 Å². The zero-order chi connectivity index (χ0) is 26.6. The van der Waals surface area contributed by atoms with Gasteiger partial charge in [-0.2, -0.15) is 0 Å². The molecule has 2 aromatic carbocycles. The molecule has 0 aliphatic heterocycles. The molecule has 3 heteroatoms. The Balaban J connectivity index is 2.27. The molecule has 0 saturated heterocycles. The number of nitrogens with zero attached hydrogens (tertiary/aromatic N) is 3. The third-order valence-electron chi connectivity index (χ3n) is 6.59. The Bertz CT molecular complexity index is 1070. The monoisotopic (exact) mass is 471 g/mol. The number of benzene rings is 2. The quantitative estimate of drug-likeness (QED) is 0.375. The normalized spacial score (nSPS) is 13.3. The summed E-state index contributed by atoms with van der Waals surface area (Å²) in [4.78, 5) is 14.6. The highest BCUT2D eigenvalue weighted by atomic mass is 15.0. The van der Waals surface area contributed by atoms with Crippen molar-refractivity contribution in [3.63, 3.8) is 0 Å². The van der Waals surface area contributed by atoms with Crippen LogP contribution in [0.2, 0.25) is 0 Å². The minimum atomic E-state index is 0.0313. The van der Waals surface area contributed by atoms with Crippen LogP contribution in [0.15, 0.2) is 36.4 Å². The largest absolute Gasteiger partial charge is 0.213 e. The summed E-state index contributed by atoms with van der Waals surface area (Å²) in [6.07, 6.45) is 0. The summed E-state index contributed by atoms with van der Waals surface area (Å²) in [5, 5.41) is 0. The van der Waals surface area contributed by atoms with Crippen LogP contribution in [-0.4, -0.2) is 15.0 Å². The van der Waals surface area contributed by atoms with Gasteiger partial charge in [0.25, 0.3) is 0 Å². The average molecular weight is 472 g/mol. The van der Waals surface area contributed by atoms with Crippen LogP contribution in [-0.2, 0) is 21.7 Å². The number of aromatic nitrogens is 3. The van der Waals surface area contributed by atoms with E-state index in [1.165, 1.54) is 22.3 Å². The molecular weight excluding hydrogens is 426 g/mol. The van der Waals surface area contributed by atoms with E-state index >= 15 is 0 Å². The highest BCUT2D eigenvalue weighted by Gasteiger charge is 2.24. The molecule has 0 N–H and O–H groups in total. The standard InChI is InChI=1S/C32H45N3/c1-20-33-27(21-14-23(29(2,3)4)18-24(15-21)30(5,6)7)35-28(34-20)22-16-25(31(8,9)10)19-26(17-22)32(11,12)13/h14-19H,1-13H3. The summed E-state index contributed by atoms with van der Waals surface area (Å²) < 4.78 is 0. The van der Waals surface area contributed by atoms with Crippen LogP contribution >= 0.6 is 0 Å². The molecular formula is C32H45N3. The molecule has 3 rings (SSSR count). The summed E-state index contributed by atoms with van der Waals surface area (Å²) >= 11 is 0. The lowest BCUT2D eigenvalue weighted by Gasteiger charge is -2.26. The van der Waals surface area contributed by atoms with E-state index < -0.39 is 0 Å². The Kier molecular flexibility index (Phi) is 6.83. The molecule has 3 aromatic rings. The minimum Gasteiger partial charge on any atom is -0.213 e. The Hall–Kier alpha value is -2.55. The molecule has 0 aliphatic carbocycles. The molecule has 35 heavy (non-hydrogen) atoms. The maximum Gasteiger partial charge on any atom is 0.163 e. The fourth-order valence-electron chi connectivity index (χ4n) is 3.99. The lowest BCUT2D eigenvalue weighted by atomic mass is 9.79. The maximum absolute atomic E-state index is 5.04. The van der Waals surface area contributed by atoms with Crippen LogP contribution < -0.4 is 0 Å². The summed E-state index contributed by atoms with van der Waals surface area (Å²) in [5.41, 5.74) is 7.41. The van der Waals surface area contributed by atoms with Crippen LogP contribution in [0.3, 0.4) is 0 Å². The van der Waals surface area contributed by atoms with Crippen molar-refractivity contribution in [3.8, 4) is 22.8 Å². The van der Waals surface area contributed by atoms with Crippen molar-refractivity contribution in [3.05, 3.63) is 64.5 Å². The fourth-order valence-corrected chi connectivity index (χ4v) is 3.99. The van der Waals surface area contributed by atoms with Gasteiger partial charge >= 0.3 is 0 Å². The van der Waals surface area contributed by atoms with E-state index in [1.807, 2.05) is 6.92 Å². The summed E-state index contributed by atoms with van der Waals surface area (Å²) in [6.45, 7) is 29.1. The first kappa shape index (κ1) is 27.0. The van der Waals surface area contributed by atoms with Gasteiger partial charge in [-0.1, -0.05) is 95.2 Å². The highest BCUT2D eigenvalue weighted by molar-refractivity contribution is 5.65. The molecule has 188 valence electrons. The van der Waals surface area contributed by atoms with E-state index in [1.54, 1.807) is 0 Å². The van der Waals surface area contributed by atoms with Crippen LogP contribution in [0.25, 0.3) is 22.8 Å². The van der Waals surface area contributed by atoms with Gasteiger partial charge in [-0.05, 0) is 75.1 Å². The van der Waals surface area contributed by atoms with Crippen molar-refractivity contribution >= 4 is 0 Å². The van der Waals surface area contributed by atoms with Gasteiger partial charge in [0, 0.05) is 11.1 Å². The third kappa shape index (κ3) is 6.37. The summed E-state index contributed by atoms with van der Waals surface area (Å²) in [7, 11) is 0. The first-order valence-corrected chi connectivity index (χ1v) is 12.8. The number of rotatable bonds is 2. The topological polar surface area (TPSA) is 38.7 Å². The second kappa shape index (κ2) is 8.84. The van der Waals surface area contributed by atoms with Crippen molar-refractivity contribution in [1.29, 1.82) is 0 Å². The first-order chi connectivity index (χ1) is 15.7. The average Bonchev–Trinajstić information content (AvgIpc) is 2.70. The molecule has 0 fully saturated rings. The van der Waals surface area contributed by atoms with Gasteiger partial charge in [0.1, 0.15) is 5.82 Å². The second-order valence-electron chi connectivity index (χ2n) is 14.1. The van der Waals surface area contributed by atoms with Crippen molar-refractivity contribution in [1.82, 2.24) is 15.0 Å². The Morgan fingerprint density at radius 2 is 0.657 bits per heavy atom. The molecule has 0 bridgehead atoms. The van der Waals surface area contributed by atoms with E-state index in [2.05, 4.69) is 119 Å². The van der Waals surface area contributed by atoms with Gasteiger partial charge < -0.3 is 0 Å². The lowest BCUT2D eigenvalue weighted by molar-refractivity contribution is 0.568. The molecule has 3 nitrogen and oxygen atoms in total. The van der Waals surface area contributed by atoms with E-state index in [9.17, 15) is 0 Å². The van der Waals surface area contributed by atoms with Gasteiger partial charge in [-0.3, -0.25) is 0 Å². The van der Waals surface area contributed by atoms with E-state index in [4.69, 9.17) is 15.0 Å². The zero-order valence-corrected chi connectivity index (χ0v) is 24.3. The summed E-state index contributed by atoms with van der Waals surface area (Å²) in [5.74, 6) is 2.21. The van der Waals surface area contributed by atoms with E-state index in [0.717, 1.165) is 28.6 Å². The molecule has 0 amide bonds. The fraction of sp³-hybridized carbons (Fsp3) is 0.531. The third-order valence-corrected chi connectivity index (χ3v) is 6.59. The van der Waals surface area contributed by atoms with Crippen molar-refractivity contribution < 1.29 is 0 Å². The number of aryl methyl sites for hydroxylation is 1. The van der Waals surface area contributed by atoms with Gasteiger partial charge in [-0.25, -0.2) is 15.0 Å².